The van der Waals surface area contributed by atoms with Gasteiger partial charge in [-0.2, -0.15) is 0 Å². The second-order valence-corrected chi connectivity index (χ2v) is 6.26. The van der Waals surface area contributed by atoms with Crippen LogP contribution >= 0.6 is 12.4 Å². The van der Waals surface area contributed by atoms with Gasteiger partial charge in [0, 0.05) is 38.5 Å². The third-order valence-corrected chi connectivity index (χ3v) is 4.37. The molecule has 2 saturated heterocycles. The Labute approximate surface area is 133 Å². The van der Waals surface area contributed by atoms with Gasteiger partial charge in [-0.25, -0.2) is 0 Å². The molecule has 0 aromatic rings. The standard InChI is InChI=1S/C15H27N3O2.ClH/c1-12(2)15(20)18-9-7-17(8-10-18)14(19)4-3-13-5-6-16-11-13;/h12-13,16H,3-11H2,1-2H3;1H. The SMILES string of the molecule is CC(C)C(=O)N1CCN(C(=O)CCC2CCNC2)CC1.Cl. The van der Waals surface area contributed by atoms with Crippen molar-refractivity contribution in [3.63, 3.8) is 0 Å². The average molecular weight is 318 g/mol. The van der Waals surface area contributed by atoms with Crippen LogP contribution in [0.2, 0.25) is 0 Å². The number of amides is 2. The first kappa shape index (κ1) is 18.2. The van der Waals surface area contributed by atoms with Crippen LogP contribution in [0, 0.1) is 11.8 Å². The van der Waals surface area contributed by atoms with Crippen LogP contribution in [-0.2, 0) is 9.59 Å². The molecule has 2 heterocycles. The molecular weight excluding hydrogens is 290 g/mol. The highest BCUT2D eigenvalue weighted by Gasteiger charge is 2.25. The highest BCUT2D eigenvalue weighted by atomic mass is 35.5. The highest BCUT2D eigenvalue weighted by Crippen LogP contribution is 2.16. The van der Waals surface area contributed by atoms with Crippen LogP contribution in [0.5, 0.6) is 0 Å². The highest BCUT2D eigenvalue weighted by molar-refractivity contribution is 5.85. The van der Waals surface area contributed by atoms with Gasteiger partial charge in [0.2, 0.25) is 11.8 Å². The molecule has 21 heavy (non-hydrogen) atoms. The molecule has 0 aliphatic carbocycles. The molecule has 2 rings (SSSR count). The maximum Gasteiger partial charge on any atom is 0.225 e. The predicted octanol–water partition coefficient (Wildman–Crippen LogP) is 1.12. The van der Waals surface area contributed by atoms with Gasteiger partial charge >= 0.3 is 0 Å². The Morgan fingerprint density at radius 2 is 1.76 bits per heavy atom. The van der Waals surface area contributed by atoms with Crippen LogP contribution in [0.4, 0.5) is 0 Å². The summed E-state index contributed by atoms with van der Waals surface area (Å²) in [5.41, 5.74) is 0. The summed E-state index contributed by atoms with van der Waals surface area (Å²) in [5.74, 6) is 1.18. The van der Waals surface area contributed by atoms with Crippen molar-refractivity contribution in [2.45, 2.75) is 33.1 Å². The number of nitrogens with zero attached hydrogens (tertiary/aromatic N) is 2. The van der Waals surface area contributed by atoms with Gasteiger partial charge in [0.05, 0.1) is 0 Å². The van der Waals surface area contributed by atoms with Crippen molar-refractivity contribution in [3.8, 4) is 0 Å². The van der Waals surface area contributed by atoms with Gasteiger partial charge < -0.3 is 15.1 Å². The maximum atomic E-state index is 12.2. The van der Waals surface area contributed by atoms with Gasteiger partial charge in [0.1, 0.15) is 0 Å². The number of hydrogen-bond donors (Lipinski definition) is 1. The van der Waals surface area contributed by atoms with Crippen LogP contribution in [0.25, 0.3) is 0 Å². The lowest BCUT2D eigenvalue weighted by Crippen LogP contribution is -2.51. The van der Waals surface area contributed by atoms with E-state index in [0.29, 0.717) is 38.5 Å². The van der Waals surface area contributed by atoms with Crippen molar-refractivity contribution in [2.75, 3.05) is 39.3 Å². The Morgan fingerprint density at radius 3 is 2.29 bits per heavy atom. The Morgan fingerprint density at radius 1 is 1.14 bits per heavy atom. The summed E-state index contributed by atoms with van der Waals surface area (Å²) in [4.78, 5) is 27.9. The van der Waals surface area contributed by atoms with Crippen molar-refractivity contribution in [3.05, 3.63) is 0 Å². The number of rotatable bonds is 4. The summed E-state index contributed by atoms with van der Waals surface area (Å²) in [6.45, 7) is 8.77. The zero-order valence-corrected chi connectivity index (χ0v) is 14.0. The smallest absolute Gasteiger partial charge is 0.225 e. The summed E-state index contributed by atoms with van der Waals surface area (Å²) in [6, 6.07) is 0. The monoisotopic (exact) mass is 317 g/mol. The van der Waals surface area contributed by atoms with Crippen LogP contribution in [0.15, 0.2) is 0 Å². The molecule has 0 aromatic heterocycles. The molecule has 122 valence electrons. The van der Waals surface area contributed by atoms with Crippen molar-refractivity contribution in [2.24, 2.45) is 11.8 Å². The molecule has 6 heteroatoms. The fraction of sp³-hybridized carbons (Fsp3) is 0.867. The van der Waals surface area contributed by atoms with Crippen molar-refractivity contribution >= 4 is 24.2 Å². The summed E-state index contributed by atoms with van der Waals surface area (Å²) >= 11 is 0. The van der Waals surface area contributed by atoms with E-state index in [0.717, 1.165) is 19.5 Å². The molecule has 0 bridgehead atoms. The molecule has 1 N–H and O–H groups in total. The summed E-state index contributed by atoms with van der Waals surface area (Å²) in [6.07, 6.45) is 2.85. The lowest BCUT2D eigenvalue weighted by molar-refractivity contribution is -0.141. The number of carbonyl (C=O) groups is 2. The first-order valence-corrected chi connectivity index (χ1v) is 7.85. The maximum absolute atomic E-state index is 12.2. The van der Waals surface area contributed by atoms with Gasteiger partial charge in [0.15, 0.2) is 0 Å². The van der Waals surface area contributed by atoms with Gasteiger partial charge in [0.25, 0.3) is 0 Å². The zero-order valence-electron chi connectivity index (χ0n) is 13.1. The Bertz CT molecular complexity index is 349. The van der Waals surface area contributed by atoms with Crippen molar-refractivity contribution in [1.82, 2.24) is 15.1 Å². The number of nitrogens with one attached hydrogen (secondary N) is 1. The number of hydrogen-bond acceptors (Lipinski definition) is 3. The van der Waals surface area contributed by atoms with E-state index < -0.39 is 0 Å². The van der Waals surface area contributed by atoms with Crippen LogP contribution in [-0.4, -0.2) is 60.9 Å². The zero-order chi connectivity index (χ0) is 14.5. The minimum Gasteiger partial charge on any atom is -0.339 e. The van der Waals surface area contributed by atoms with Gasteiger partial charge in [-0.1, -0.05) is 13.8 Å². The second kappa shape index (κ2) is 8.59. The van der Waals surface area contributed by atoms with Crippen molar-refractivity contribution in [1.29, 1.82) is 0 Å². The first-order chi connectivity index (χ1) is 9.58. The predicted molar refractivity (Wildman–Crippen MR) is 85.5 cm³/mol. The summed E-state index contributed by atoms with van der Waals surface area (Å²) < 4.78 is 0. The summed E-state index contributed by atoms with van der Waals surface area (Å²) in [7, 11) is 0. The number of carbonyl (C=O) groups excluding carboxylic acids is 2. The Kier molecular flexibility index (Phi) is 7.46. The molecule has 0 aromatic carbocycles. The van der Waals surface area contributed by atoms with Gasteiger partial charge in [-0.3, -0.25) is 9.59 Å². The minimum atomic E-state index is 0. The molecule has 0 spiro atoms. The third-order valence-electron chi connectivity index (χ3n) is 4.37. The van der Waals surface area contributed by atoms with E-state index in [1.165, 1.54) is 6.42 Å². The molecule has 2 aliphatic heterocycles. The quantitative estimate of drug-likeness (QED) is 0.845. The molecule has 0 radical (unpaired) electrons. The second-order valence-electron chi connectivity index (χ2n) is 6.26. The van der Waals surface area contributed by atoms with E-state index in [4.69, 9.17) is 0 Å². The van der Waals surface area contributed by atoms with Gasteiger partial charge in [-0.05, 0) is 31.8 Å². The molecule has 5 nitrogen and oxygen atoms in total. The number of halogens is 1. The minimum absolute atomic E-state index is 0. The lowest BCUT2D eigenvalue weighted by Gasteiger charge is -2.35. The fourth-order valence-electron chi connectivity index (χ4n) is 2.99. The first-order valence-electron chi connectivity index (χ1n) is 7.85. The van der Waals surface area contributed by atoms with E-state index in [1.807, 2.05) is 23.6 Å². The van der Waals surface area contributed by atoms with E-state index >= 15 is 0 Å². The normalized spacial score (nSPS) is 22.3. The topological polar surface area (TPSA) is 52.7 Å². The van der Waals surface area contributed by atoms with E-state index in [2.05, 4.69) is 5.32 Å². The molecule has 2 amide bonds. The van der Waals surface area contributed by atoms with Crippen LogP contribution in [0.1, 0.15) is 33.1 Å². The summed E-state index contributed by atoms with van der Waals surface area (Å²) in [5, 5.41) is 3.34. The molecule has 2 aliphatic rings. The molecule has 1 atom stereocenters. The van der Waals surface area contributed by atoms with Gasteiger partial charge in [-0.15, -0.1) is 12.4 Å². The van der Waals surface area contributed by atoms with E-state index in [-0.39, 0.29) is 30.1 Å². The molecule has 0 saturated carbocycles. The molecular formula is C15H28ClN3O2. The Balaban J connectivity index is 0.00000220. The average Bonchev–Trinajstić information content (AvgIpc) is 2.97. The largest absolute Gasteiger partial charge is 0.339 e. The fourth-order valence-corrected chi connectivity index (χ4v) is 2.99. The van der Waals surface area contributed by atoms with Crippen molar-refractivity contribution < 1.29 is 9.59 Å². The number of piperazine rings is 1. The Hall–Kier alpha value is -0.810. The van der Waals surface area contributed by atoms with E-state index in [1.54, 1.807) is 0 Å². The van der Waals surface area contributed by atoms with E-state index in [9.17, 15) is 9.59 Å². The van der Waals surface area contributed by atoms with Crippen LogP contribution < -0.4 is 5.32 Å². The molecule has 2 fully saturated rings. The third kappa shape index (κ3) is 5.15. The molecule has 1 unspecified atom stereocenters. The lowest BCUT2D eigenvalue weighted by atomic mass is 10.0. The van der Waals surface area contributed by atoms with Crippen LogP contribution in [0.3, 0.4) is 0 Å².